The van der Waals surface area contributed by atoms with Crippen molar-refractivity contribution in [3.8, 4) is 11.5 Å². The van der Waals surface area contributed by atoms with Gasteiger partial charge in [0.1, 0.15) is 23.9 Å². The number of aromatic nitrogens is 3. The minimum absolute atomic E-state index is 0. The molecule has 2 heterocycles. The molecule has 26 heavy (non-hydrogen) atoms. The molecule has 2 aromatic rings. The Labute approximate surface area is 170 Å². The maximum Gasteiger partial charge on any atom is 0.191 e. The van der Waals surface area contributed by atoms with Crippen molar-refractivity contribution in [2.45, 2.75) is 25.9 Å². The van der Waals surface area contributed by atoms with E-state index in [0.29, 0.717) is 25.7 Å². The molecule has 0 spiro atoms. The molecule has 0 amide bonds. The highest BCUT2D eigenvalue weighted by Crippen LogP contribution is 2.16. The van der Waals surface area contributed by atoms with E-state index in [9.17, 15) is 0 Å². The molecule has 142 valence electrons. The molecule has 1 aromatic heterocycles. The molecule has 0 radical (unpaired) electrons. The Hall–Kier alpha value is -2.04. The van der Waals surface area contributed by atoms with E-state index in [1.807, 2.05) is 24.3 Å². The number of fused-ring (bicyclic) bond motifs is 1. The van der Waals surface area contributed by atoms with Gasteiger partial charge in [-0.3, -0.25) is 4.99 Å². The molecule has 0 aliphatic carbocycles. The summed E-state index contributed by atoms with van der Waals surface area (Å²) in [6.45, 7) is 2.78. The number of hydrogen-bond acceptors (Lipinski definition) is 5. The maximum atomic E-state index is 5.68. The van der Waals surface area contributed by atoms with Crippen molar-refractivity contribution in [2.75, 3.05) is 27.3 Å². The normalized spacial score (nSPS) is 12.9. The van der Waals surface area contributed by atoms with Crippen LogP contribution in [0.3, 0.4) is 0 Å². The quantitative estimate of drug-likeness (QED) is 0.276. The van der Waals surface area contributed by atoms with Gasteiger partial charge in [-0.15, -0.1) is 34.2 Å². The standard InChI is InChI=1S/C17H24N6O2.HI/c1-18-17(20-12-16-22-21-15-4-3-10-23(15)16)19-9-11-25-14-7-5-13(24-2)6-8-14;/h5-8H,3-4,9-12H2,1-2H3,(H2,18,19,20);1H. The lowest BCUT2D eigenvalue weighted by Crippen LogP contribution is -2.39. The molecule has 1 aliphatic heterocycles. The molecule has 3 rings (SSSR count). The van der Waals surface area contributed by atoms with E-state index in [4.69, 9.17) is 9.47 Å². The number of aryl methyl sites for hydroxylation is 1. The molecule has 8 nitrogen and oxygen atoms in total. The number of rotatable bonds is 7. The highest BCUT2D eigenvalue weighted by atomic mass is 127. The number of nitrogens with one attached hydrogen (secondary N) is 2. The minimum Gasteiger partial charge on any atom is -0.497 e. The molecule has 0 unspecified atom stereocenters. The van der Waals surface area contributed by atoms with Gasteiger partial charge in [0, 0.05) is 20.0 Å². The SMILES string of the molecule is CN=C(NCCOc1ccc(OC)cc1)NCc1nnc2n1CCC2.I. The highest BCUT2D eigenvalue weighted by Gasteiger charge is 2.16. The zero-order chi connectivity index (χ0) is 17.5. The molecule has 9 heteroatoms. The second-order valence-electron chi connectivity index (χ2n) is 5.66. The Kier molecular flexibility index (Phi) is 7.95. The van der Waals surface area contributed by atoms with Crippen molar-refractivity contribution in [3.05, 3.63) is 35.9 Å². The van der Waals surface area contributed by atoms with Gasteiger partial charge in [0.05, 0.1) is 20.2 Å². The fourth-order valence-electron chi connectivity index (χ4n) is 2.74. The van der Waals surface area contributed by atoms with Crippen LogP contribution in [0.5, 0.6) is 11.5 Å². The van der Waals surface area contributed by atoms with Gasteiger partial charge in [-0.05, 0) is 30.7 Å². The number of nitrogens with zero attached hydrogens (tertiary/aromatic N) is 4. The second-order valence-corrected chi connectivity index (χ2v) is 5.66. The number of halogens is 1. The summed E-state index contributed by atoms with van der Waals surface area (Å²) in [5.74, 6) is 4.37. The van der Waals surface area contributed by atoms with E-state index in [0.717, 1.165) is 42.5 Å². The Bertz CT molecular complexity index is 717. The first kappa shape index (κ1) is 20.3. The van der Waals surface area contributed by atoms with Crippen LogP contribution in [0.4, 0.5) is 0 Å². The molecule has 0 atom stereocenters. The maximum absolute atomic E-state index is 5.68. The van der Waals surface area contributed by atoms with Gasteiger partial charge in [-0.25, -0.2) is 0 Å². The largest absolute Gasteiger partial charge is 0.497 e. The molecule has 1 aromatic carbocycles. The number of aliphatic imine (C=N–C) groups is 1. The molecule has 0 bridgehead atoms. The average molecular weight is 472 g/mol. The van der Waals surface area contributed by atoms with Crippen molar-refractivity contribution in [3.63, 3.8) is 0 Å². The van der Waals surface area contributed by atoms with Crippen LogP contribution in [0, 0.1) is 0 Å². The Balaban J connectivity index is 0.00000243. The topological polar surface area (TPSA) is 85.6 Å². The van der Waals surface area contributed by atoms with E-state index in [-0.39, 0.29) is 24.0 Å². The number of benzene rings is 1. The lowest BCUT2D eigenvalue weighted by molar-refractivity contribution is 0.321. The van der Waals surface area contributed by atoms with Crippen LogP contribution in [-0.2, 0) is 19.5 Å². The number of hydrogen-bond donors (Lipinski definition) is 2. The summed E-state index contributed by atoms with van der Waals surface area (Å²) in [4.78, 5) is 4.21. The van der Waals surface area contributed by atoms with E-state index >= 15 is 0 Å². The predicted molar refractivity (Wildman–Crippen MR) is 110 cm³/mol. The molecular formula is C17H25IN6O2. The van der Waals surface area contributed by atoms with Gasteiger partial charge >= 0.3 is 0 Å². The van der Waals surface area contributed by atoms with Crippen LogP contribution in [-0.4, -0.2) is 48.0 Å². The third-order valence-corrected chi connectivity index (χ3v) is 4.05. The van der Waals surface area contributed by atoms with Crippen LogP contribution in [0.2, 0.25) is 0 Å². The summed E-state index contributed by atoms with van der Waals surface area (Å²) in [6, 6.07) is 7.52. The smallest absolute Gasteiger partial charge is 0.191 e. The Morgan fingerprint density at radius 1 is 1.19 bits per heavy atom. The van der Waals surface area contributed by atoms with Gasteiger partial charge in [-0.1, -0.05) is 0 Å². The van der Waals surface area contributed by atoms with Gasteiger partial charge in [-0.2, -0.15) is 0 Å². The summed E-state index contributed by atoms with van der Waals surface area (Å²) in [5, 5.41) is 14.9. The van der Waals surface area contributed by atoms with Crippen molar-refractivity contribution < 1.29 is 9.47 Å². The van der Waals surface area contributed by atoms with Crippen LogP contribution >= 0.6 is 24.0 Å². The first-order valence-corrected chi connectivity index (χ1v) is 8.42. The van der Waals surface area contributed by atoms with Crippen LogP contribution in [0.25, 0.3) is 0 Å². The zero-order valence-corrected chi connectivity index (χ0v) is 17.4. The molecule has 0 fully saturated rings. The fourth-order valence-corrected chi connectivity index (χ4v) is 2.74. The third-order valence-electron chi connectivity index (χ3n) is 4.05. The molecule has 2 N–H and O–H groups in total. The summed E-state index contributed by atoms with van der Waals surface area (Å²) in [6.07, 6.45) is 2.16. The lowest BCUT2D eigenvalue weighted by Gasteiger charge is -2.12. The Morgan fingerprint density at radius 3 is 2.69 bits per heavy atom. The molecule has 0 saturated heterocycles. The molecular weight excluding hydrogens is 447 g/mol. The second kappa shape index (κ2) is 10.2. The molecule has 1 aliphatic rings. The number of ether oxygens (including phenoxy) is 2. The van der Waals surface area contributed by atoms with E-state index in [1.54, 1.807) is 14.2 Å². The first-order chi connectivity index (χ1) is 12.3. The van der Waals surface area contributed by atoms with E-state index < -0.39 is 0 Å². The molecule has 0 saturated carbocycles. The van der Waals surface area contributed by atoms with Crippen molar-refractivity contribution >= 4 is 29.9 Å². The predicted octanol–water partition coefficient (Wildman–Crippen LogP) is 1.59. The van der Waals surface area contributed by atoms with E-state index in [2.05, 4.69) is 30.4 Å². The highest BCUT2D eigenvalue weighted by molar-refractivity contribution is 14.0. The van der Waals surface area contributed by atoms with Gasteiger partial charge in [0.2, 0.25) is 0 Å². The third kappa shape index (κ3) is 5.23. The average Bonchev–Trinajstić information content (AvgIpc) is 3.26. The van der Waals surface area contributed by atoms with Gasteiger partial charge in [0.25, 0.3) is 0 Å². The van der Waals surface area contributed by atoms with Crippen molar-refractivity contribution in [2.24, 2.45) is 4.99 Å². The summed E-state index contributed by atoms with van der Waals surface area (Å²) in [7, 11) is 3.39. The van der Waals surface area contributed by atoms with Crippen molar-refractivity contribution in [1.29, 1.82) is 0 Å². The first-order valence-electron chi connectivity index (χ1n) is 8.42. The van der Waals surface area contributed by atoms with E-state index in [1.165, 1.54) is 0 Å². The Morgan fingerprint density at radius 2 is 1.96 bits per heavy atom. The zero-order valence-electron chi connectivity index (χ0n) is 15.1. The summed E-state index contributed by atoms with van der Waals surface area (Å²) in [5.41, 5.74) is 0. The lowest BCUT2D eigenvalue weighted by atomic mass is 10.3. The van der Waals surface area contributed by atoms with Gasteiger partial charge in [0.15, 0.2) is 11.8 Å². The fraction of sp³-hybridized carbons (Fsp3) is 0.471. The van der Waals surface area contributed by atoms with Crippen molar-refractivity contribution in [1.82, 2.24) is 25.4 Å². The number of guanidine groups is 1. The summed E-state index contributed by atoms with van der Waals surface area (Å²) < 4.78 is 13.0. The monoisotopic (exact) mass is 472 g/mol. The van der Waals surface area contributed by atoms with Crippen LogP contribution in [0.1, 0.15) is 18.1 Å². The number of methoxy groups -OCH3 is 1. The summed E-state index contributed by atoms with van der Waals surface area (Å²) >= 11 is 0. The van der Waals surface area contributed by atoms with Crippen LogP contribution in [0.15, 0.2) is 29.3 Å². The minimum atomic E-state index is 0. The van der Waals surface area contributed by atoms with Crippen LogP contribution < -0.4 is 20.1 Å². The van der Waals surface area contributed by atoms with Gasteiger partial charge < -0.3 is 24.7 Å².